The summed E-state index contributed by atoms with van der Waals surface area (Å²) in [6.45, 7) is -0.726. The van der Waals surface area contributed by atoms with Crippen LogP contribution in [0.25, 0.3) is 0 Å². The lowest BCUT2D eigenvalue weighted by Crippen LogP contribution is -2.48. The average Bonchev–Trinajstić information content (AvgIpc) is 2.95. The van der Waals surface area contributed by atoms with Gasteiger partial charge in [-0.05, 0) is 68.1 Å². The largest absolute Gasteiger partial charge is 0.454 e. The molecule has 0 aromatic rings. The smallest absolute Gasteiger partial charge is 0.325 e. The maximum absolute atomic E-state index is 12.4. The molecule has 0 unspecified atom stereocenters. The lowest BCUT2D eigenvalue weighted by molar-refractivity contribution is -0.149. The molecule has 162 valence electrons. The van der Waals surface area contributed by atoms with Gasteiger partial charge >= 0.3 is 5.97 Å². The topological polar surface area (TPSA) is 119 Å². The van der Waals surface area contributed by atoms with Crippen LogP contribution in [0.5, 0.6) is 0 Å². The monoisotopic (exact) mass is 426 g/mol. The quantitative estimate of drug-likeness (QED) is 0.574. The summed E-state index contributed by atoms with van der Waals surface area (Å²) < 4.78 is 27.7. The minimum absolute atomic E-state index is 0.0630. The van der Waals surface area contributed by atoms with Gasteiger partial charge in [0.1, 0.15) is 6.54 Å². The van der Waals surface area contributed by atoms with Crippen molar-refractivity contribution in [3.8, 4) is 0 Å². The van der Waals surface area contributed by atoms with Gasteiger partial charge in [0.2, 0.25) is 5.91 Å². The summed E-state index contributed by atoms with van der Waals surface area (Å²) in [5.41, 5.74) is 0.115. The molecule has 4 bridgehead atoms. The van der Waals surface area contributed by atoms with Crippen molar-refractivity contribution in [3.63, 3.8) is 0 Å². The predicted octanol–water partition coefficient (Wildman–Crippen LogP) is 0.556. The zero-order chi connectivity index (χ0) is 20.6. The Morgan fingerprint density at radius 1 is 0.966 bits per heavy atom. The van der Waals surface area contributed by atoms with Crippen LogP contribution in [0, 0.1) is 23.2 Å². The molecular formula is C20H30N2O6S. The Labute approximate surface area is 171 Å². The lowest BCUT2D eigenvalue weighted by atomic mass is 9.49. The van der Waals surface area contributed by atoms with Gasteiger partial charge in [-0.15, -0.1) is 0 Å². The molecule has 5 fully saturated rings. The van der Waals surface area contributed by atoms with E-state index in [0.717, 1.165) is 37.0 Å². The first kappa shape index (κ1) is 20.6. The summed E-state index contributed by atoms with van der Waals surface area (Å²) in [5.74, 6) is 0.982. The van der Waals surface area contributed by atoms with Crippen molar-refractivity contribution >= 4 is 27.6 Å². The number of hydrogen-bond acceptors (Lipinski definition) is 6. The molecule has 8 nitrogen and oxygen atoms in total. The molecule has 1 heterocycles. The molecule has 2 N–H and O–H groups in total. The number of carbonyl (C=O) groups excluding carboxylic acids is 3. The molecule has 0 aromatic carbocycles. The van der Waals surface area contributed by atoms with E-state index in [0.29, 0.717) is 12.8 Å². The third kappa shape index (κ3) is 5.10. The standard InChI is InChI=1S/C20H30N2O6S/c23-17(9-20-6-13-3-14(7-20)5-15(4-13)8-20)21-10-19(25)28-11-18(24)22-16-1-2-29(26,27)12-16/h13-16H,1-12H2,(H,21,23)(H,22,24)/t13?,14?,15?,16-,20?/m1/s1. The minimum Gasteiger partial charge on any atom is -0.454 e. The van der Waals surface area contributed by atoms with E-state index < -0.39 is 34.4 Å². The second-order valence-corrected chi connectivity index (χ2v) is 11.9. The lowest BCUT2D eigenvalue weighted by Gasteiger charge is -2.56. The second-order valence-electron chi connectivity index (χ2n) is 9.70. The maximum Gasteiger partial charge on any atom is 0.325 e. The van der Waals surface area contributed by atoms with E-state index >= 15 is 0 Å². The van der Waals surface area contributed by atoms with Crippen LogP contribution in [0.4, 0.5) is 0 Å². The van der Waals surface area contributed by atoms with Gasteiger partial charge < -0.3 is 15.4 Å². The van der Waals surface area contributed by atoms with Gasteiger partial charge in [-0.25, -0.2) is 8.42 Å². The first-order valence-electron chi connectivity index (χ1n) is 10.6. The Kier molecular flexibility index (Phi) is 5.61. The van der Waals surface area contributed by atoms with Crippen molar-refractivity contribution < 1.29 is 27.5 Å². The van der Waals surface area contributed by atoms with Crippen LogP contribution in [0.1, 0.15) is 51.4 Å². The molecule has 2 amide bonds. The van der Waals surface area contributed by atoms with Gasteiger partial charge in [0.25, 0.3) is 5.91 Å². The molecule has 1 atom stereocenters. The van der Waals surface area contributed by atoms with E-state index in [2.05, 4.69) is 10.6 Å². The SMILES string of the molecule is O=C(CC12CC3CC(CC(C3)C1)C2)NCC(=O)OCC(=O)N[C@@H]1CCS(=O)(=O)C1. The number of hydrogen-bond donors (Lipinski definition) is 2. The number of carbonyl (C=O) groups is 3. The number of amides is 2. The van der Waals surface area contributed by atoms with Crippen LogP contribution in [0.2, 0.25) is 0 Å². The Hall–Kier alpha value is -1.64. The summed E-state index contributed by atoms with van der Waals surface area (Å²) in [6.07, 6.45) is 8.21. The summed E-state index contributed by atoms with van der Waals surface area (Å²) >= 11 is 0. The molecule has 1 saturated heterocycles. The van der Waals surface area contributed by atoms with E-state index in [-0.39, 0.29) is 29.4 Å². The van der Waals surface area contributed by atoms with Gasteiger partial charge in [0.15, 0.2) is 16.4 Å². The van der Waals surface area contributed by atoms with Gasteiger partial charge in [0, 0.05) is 12.5 Å². The normalized spacial score (nSPS) is 36.6. The van der Waals surface area contributed by atoms with Crippen LogP contribution in [-0.4, -0.2) is 56.9 Å². The molecule has 9 heteroatoms. The zero-order valence-corrected chi connectivity index (χ0v) is 17.5. The van der Waals surface area contributed by atoms with Gasteiger partial charge in [0.05, 0.1) is 11.5 Å². The van der Waals surface area contributed by atoms with E-state index in [1.807, 2.05) is 0 Å². The summed E-state index contributed by atoms with van der Waals surface area (Å²) in [6, 6.07) is -0.425. The van der Waals surface area contributed by atoms with Crippen LogP contribution >= 0.6 is 0 Å². The van der Waals surface area contributed by atoms with Gasteiger partial charge in [-0.2, -0.15) is 0 Å². The van der Waals surface area contributed by atoms with Crippen molar-refractivity contribution in [3.05, 3.63) is 0 Å². The number of nitrogens with one attached hydrogen (secondary N) is 2. The number of rotatable bonds is 7. The third-order valence-electron chi connectivity index (χ3n) is 7.09. The fourth-order valence-electron chi connectivity index (χ4n) is 6.46. The van der Waals surface area contributed by atoms with Crippen LogP contribution in [0.15, 0.2) is 0 Å². The molecular weight excluding hydrogens is 396 g/mol. The highest BCUT2D eigenvalue weighted by Gasteiger charge is 2.51. The van der Waals surface area contributed by atoms with Crippen LogP contribution < -0.4 is 10.6 Å². The fourth-order valence-corrected chi connectivity index (χ4v) is 8.13. The number of esters is 1. The molecule has 5 aliphatic rings. The summed E-state index contributed by atoms with van der Waals surface area (Å²) in [4.78, 5) is 36.0. The molecule has 5 rings (SSSR count). The van der Waals surface area contributed by atoms with Crippen molar-refractivity contribution in [1.82, 2.24) is 10.6 Å². The highest BCUT2D eigenvalue weighted by Crippen LogP contribution is 2.61. The predicted molar refractivity (Wildman–Crippen MR) is 104 cm³/mol. The van der Waals surface area contributed by atoms with Crippen molar-refractivity contribution in [1.29, 1.82) is 0 Å². The second kappa shape index (κ2) is 7.89. The van der Waals surface area contributed by atoms with Gasteiger partial charge in [-0.3, -0.25) is 14.4 Å². The first-order chi connectivity index (χ1) is 13.7. The highest BCUT2D eigenvalue weighted by molar-refractivity contribution is 7.91. The Bertz CT molecular complexity index is 758. The van der Waals surface area contributed by atoms with Crippen LogP contribution in [0.3, 0.4) is 0 Å². The Morgan fingerprint density at radius 2 is 1.59 bits per heavy atom. The minimum atomic E-state index is -3.08. The molecule has 0 radical (unpaired) electrons. The number of ether oxygens (including phenoxy) is 1. The van der Waals surface area contributed by atoms with E-state index in [9.17, 15) is 22.8 Å². The van der Waals surface area contributed by atoms with Gasteiger partial charge in [-0.1, -0.05) is 0 Å². The Morgan fingerprint density at radius 3 is 2.14 bits per heavy atom. The average molecular weight is 427 g/mol. The first-order valence-corrected chi connectivity index (χ1v) is 12.4. The molecule has 0 aromatic heterocycles. The number of sulfone groups is 1. The van der Waals surface area contributed by atoms with Crippen LogP contribution in [-0.2, 0) is 29.0 Å². The Balaban J connectivity index is 1.14. The molecule has 4 saturated carbocycles. The maximum atomic E-state index is 12.4. The van der Waals surface area contributed by atoms with Crippen molar-refractivity contribution in [2.45, 2.75) is 57.4 Å². The van der Waals surface area contributed by atoms with E-state index in [1.54, 1.807) is 0 Å². The molecule has 0 spiro atoms. The molecule has 4 aliphatic carbocycles. The third-order valence-corrected chi connectivity index (χ3v) is 8.86. The molecule has 1 aliphatic heterocycles. The van der Waals surface area contributed by atoms with E-state index in [1.165, 1.54) is 19.3 Å². The van der Waals surface area contributed by atoms with E-state index in [4.69, 9.17) is 4.74 Å². The summed E-state index contributed by atoms with van der Waals surface area (Å²) in [5, 5.41) is 5.20. The molecule has 29 heavy (non-hydrogen) atoms. The van der Waals surface area contributed by atoms with Crippen molar-refractivity contribution in [2.24, 2.45) is 23.2 Å². The summed E-state index contributed by atoms with van der Waals surface area (Å²) in [7, 11) is -3.08. The fraction of sp³-hybridized carbons (Fsp3) is 0.850. The zero-order valence-electron chi connectivity index (χ0n) is 16.7. The van der Waals surface area contributed by atoms with Crippen molar-refractivity contribution in [2.75, 3.05) is 24.7 Å². The highest BCUT2D eigenvalue weighted by atomic mass is 32.2.